The van der Waals surface area contributed by atoms with E-state index in [4.69, 9.17) is 4.98 Å². The molecule has 2 aliphatic rings. The van der Waals surface area contributed by atoms with Crippen molar-refractivity contribution >= 4 is 33.7 Å². The number of anilines is 4. The van der Waals surface area contributed by atoms with Gasteiger partial charge in [-0.2, -0.15) is 0 Å². The van der Waals surface area contributed by atoms with Crippen LogP contribution in [0.25, 0.3) is 10.7 Å². The van der Waals surface area contributed by atoms with Crippen LogP contribution >= 0.6 is 11.3 Å². The molecule has 178 valence electrons. The van der Waals surface area contributed by atoms with Gasteiger partial charge in [0.15, 0.2) is 5.01 Å². The van der Waals surface area contributed by atoms with Gasteiger partial charge in [-0.25, -0.2) is 4.98 Å². The molecule has 2 aromatic carbocycles. The minimum absolute atomic E-state index is 0.791. The molecule has 0 radical (unpaired) electrons. The van der Waals surface area contributed by atoms with Crippen molar-refractivity contribution in [1.29, 1.82) is 0 Å². The highest BCUT2D eigenvalue weighted by Crippen LogP contribution is 2.30. The number of aromatic nitrogens is 4. The third kappa shape index (κ3) is 4.77. The number of hydrogen-bond donors (Lipinski definition) is 0. The molecule has 9 heteroatoms. The highest BCUT2D eigenvalue weighted by Gasteiger charge is 2.22. The summed E-state index contributed by atoms with van der Waals surface area (Å²) in [5.41, 5.74) is 3.35. The van der Waals surface area contributed by atoms with Crippen LogP contribution in [0.1, 0.15) is 0 Å². The molecule has 0 saturated carbocycles. The fraction of sp³-hybridized carbons (Fsp3) is 0.308. The lowest BCUT2D eigenvalue weighted by Gasteiger charge is -2.36. The molecule has 4 heterocycles. The van der Waals surface area contributed by atoms with Gasteiger partial charge in [-0.3, -0.25) is 4.98 Å². The second-order valence-corrected chi connectivity index (χ2v) is 9.73. The summed E-state index contributed by atoms with van der Waals surface area (Å²) in [6.45, 7) is 7.58. The van der Waals surface area contributed by atoms with E-state index in [1.807, 2.05) is 6.20 Å². The predicted octanol–water partition coefficient (Wildman–Crippen LogP) is 3.65. The Kier molecular flexibility index (Phi) is 6.15. The van der Waals surface area contributed by atoms with Crippen molar-refractivity contribution in [1.82, 2.24) is 20.2 Å². The van der Waals surface area contributed by atoms with Gasteiger partial charge >= 0.3 is 0 Å². The summed E-state index contributed by atoms with van der Waals surface area (Å²) in [7, 11) is 0. The van der Waals surface area contributed by atoms with E-state index < -0.39 is 0 Å². The molecule has 0 spiro atoms. The van der Waals surface area contributed by atoms with Crippen molar-refractivity contribution in [2.24, 2.45) is 0 Å². The van der Waals surface area contributed by atoms with Crippen LogP contribution in [0.3, 0.4) is 0 Å². The van der Waals surface area contributed by atoms with E-state index in [0.717, 1.165) is 74.0 Å². The number of nitrogens with zero attached hydrogens (tertiary/aromatic N) is 8. The first-order valence-corrected chi connectivity index (χ1v) is 12.9. The van der Waals surface area contributed by atoms with Gasteiger partial charge in [-0.1, -0.05) is 47.7 Å². The molecule has 8 nitrogen and oxygen atoms in total. The van der Waals surface area contributed by atoms with Crippen LogP contribution in [0.2, 0.25) is 0 Å². The number of piperazine rings is 2. The molecule has 0 bridgehead atoms. The first kappa shape index (κ1) is 21.8. The third-order valence-electron chi connectivity index (χ3n) is 6.65. The summed E-state index contributed by atoms with van der Waals surface area (Å²) in [5, 5.41) is 10.7. The zero-order valence-electron chi connectivity index (χ0n) is 19.6. The standard InChI is InChI=1S/C26H28N8S/c1-3-7-21(8-4-1)31-11-15-33(16-12-31)24-20-27-19-23(28-24)25-29-30-26(35-25)34-17-13-32(14-18-34)22-9-5-2-6-10-22/h1-10,19-20H,11-18H2. The van der Waals surface area contributed by atoms with Gasteiger partial charge in [0.2, 0.25) is 5.13 Å². The van der Waals surface area contributed by atoms with Crippen LogP contribution in [0.4, 0.5) is 22.3 Å². The van der Waals surface area contributed by atoms with Crippen molar-refractivity contribution in [2.75, 3.05) is 72.0 Å². The lowest BCUT2D eigenvalue weighted by molar-refractivity contribution is 0.646. The first-order chi connectivity index (χ1) is 17.3. The molecule has 0 N–H and O–H groups in total. The van der Waals surface area contributed by atoms with Gasteiger partial charge < -0.3 is 19.6 Å². The second kappa shape index (κ2) is 9.87. The van der Waals surface area contributed by atoms with Crippen molar-refractivity contribution < 1.29 is 0 Å². The molecule has 0 amide bonds. The van der Waals surface area contributed by atoms with E-state index in [1.54, 1.807) is 17.5 Å². The molecule has 2 fully saturated rings. The first-order valence-electron chi connectivity index (χ1n) is 12.1. The van der Waals surface area contributed by atoms with Crippen LogP contribution in [-0.2, 0) is 0 Å². The topological polar surface area (TPSA) is 64.5 Å². The number of benzene rings is 2. The summed E-state index contributed by atoms with van der Waals surface area (Å²) in [5.74, 6) is 0.906. The number of para-hydroxylation sites is 2. The SMILES string of the molecule is c1ccc(N2CCN(c3cncc(-c4nnc(N5CCN(c6ccccc6)CC5)s4)n3)CC2)cc1. The second-order valence-electron chi connectivity index (χ2n) is 8.77. The van der Waals surface area contributed by atoms with Crippen LogP contribution in [0, 0.1) is 0 Å². The maximum atomic E-state index is 4.90. The molecule has 35 heavy (non-hydrogen) atoms. The molecule has 0 aliphatic carbocycles. The van der Waals surface area contributed by atoms with E-state index in [2.05, 4.69) is 95.4 Å². The molecule has 0 unspecified atom stereocenters. The monoisotopic (exact) mass is 484 g/mol. The fourth-order valence-electron chi connectivity index (χ4n) is 4.69. The van der Waals surface area contributed by atoms with E-state index in [9.17, 15) is 0 Å². The summed E-state index contributed by atoms with van der Waals surface area (Å²) in [6.07, 6.45) is 3.65. The molecular weight excluding hydrogens is 456 g/mol. The van der Waals surface area contributed by atoms with E-state index in [0.29, 0.717) is 0 Å². The Morgan fingerprint density at radius 3 is 1.71 bits per heavy atom. The smallest absolute Gasteiger partial charge is 0.208 e. The van der Waals surface area contributed by atoms with Crippen LogP contribution < -0.4 is 19.6 Å². The predicted molar refractivity (Wildman–Crippen MR) is 143 cm³/mol. The van der Waals surface area contributed by atoms with Gasteiger partial charge in [0.1, 0.15) is 11.5 Å². The summed E-state index contributed by atoms with van der Waals surface area (Å²) in [4.78, 5) is 18.8. The molecule has 2 aliphatic heterocycles. The fourth-order valence-corrected chi connectivity index (χ4v) is 5.54. The summed E-state index contributed by atoms with van der Waals surface area (Å²) >= 11 is 1.60. The van der Waals surface area contributed by atoms with Gasteiger partial charge in [0.05, 0.1) is 12.4 Å². The van der Waals surface area contributed by atoms with Gasteiger partial charge in [-0.15, -0.1) is 10.2 Å². The third-order valence-corrected chi connectivity index (χ3v) is 7.66. The lowest BCUT2D eigenvalue weighted by Crippen LogP contribution is -2.46. The Balaban J connectivity index is 1.09. The van der Waals surface area contributed by atoms with Gasteiger partial charge in [-0.05, 0) is 24.3 Å². The zero-order chi connectivity index (χ0) is 23.5. The van der Waals surface area contributed by atoms with Gasteiger partial charge in [0, 0.05) is 63.7 Å². The summed E-state index contributed by atoms with van der Waals surface area (Å²) in [6, 6.07) is 21.2. The molecule has 2 saturated heterocycles. The van der Waals surface area contributed by atoms with Gasteiger partial charge in [0.25, 0.3) is 0 Å². The molecule has 6 rings (SSSR count). The number of rotatable bonds is 5. The van der Waals surface area contributed by atoms with Crippen molar-refractivity contribution in [3.63, 3.8) is 0 Å². The quantitative estimate of drug-likeness (QED) is 0.425. The van der Waals surface area contributed by atoms with Crippen LogP contribution in [-0.4, -0.2) is 72.5 Å². The number of hydrogen-bond acceptors (Lipinski definition) is 9. The highest BCUT2D eigenvalue weighted by atomic mass is 32.1. The Labute approximate surface area is 209 Å². The normalized spacial score (nSPS) is 16.6. The van der Waals surface area contributed by atoms with Crippen molar-refractivity contribution in [3.05, 3.63) is 73.1 Å². The van der Waals surface area contributed by atoms with Crippen LogP contribution in [0.15, 0.2) is 73.1 Å². The van der Waals surface area contributed by atoms with E-state index in [1.165, 1.54) is 11.4 Å². The Morgan fingerprint density at radius 2 is 1.11 bits per heavy atom. The zero-order valence-corrected chi connectivity index (χ0v) is 20.4. The van der Waals surface area contributed by atoms with Crippen molar-refractivity contribution in [3.8, 4) is 10.7 Å². The average Bonchev–Trinajstić information content (AvgIpc) is 3.45. The minimum atomic E-state index is 0.791. The summed E-state index contributed by atoms with van der Waals surface area (Å²) < 4.78 is 0. The Bertz CT molecular complexity index is 1230. The van der Waals surface area contributed by atoms with Crippen LogP contribution in [0.5, 0.6) is 0 Å². The largest absolute Gasteiger partial charge is 0.368 e. The Morgan fingerprint density at radius 1 is 0.571 bits per heavy atom. The van der Waals surface area contributed by atoms with E-state index in [-0.39, 0.29) is 0 Å². The maximum Gasteiger partial charge on any atom is 0.208 e. The highest BCUT2D eigenvalue weighted by molar-refractivity contribution is 7.18. The van der Waals surface area contributed by atoms with Crippen molar-refractivity contribution in [2.45, 2.75) is 0 Å². The maximum absolute atomic E-state index is 4.90. The minimum Gasteiger partial charge on any atom is -0.368 e. The lowest BCUT2D eigenvalue weighted by atomic mass is 10.2. The Hall–Kier alpha value is -3.72. The van der Waals surface area contributed by atoms with E-state index >= 15 is 0 Å². The molecule has 2 aromatic heterocycles. The molecular formula is C26H28N8S. The average molecular weight is 485 g/mol. The molecule has 0 atom stereocenters. The molecule has 4 aromatic rings.